The molecule has 0 unspecified atom stereocenters. The van der Waals surface area contributed by atoms with Gasteiger partial charge >= 0.3 is 0 Å². The molecule has 58 heavy (non-hydrogen) atoms. The van der Waals surface area contributed by atoms with Gasteiger partial charge in [0.05, 0.1) is 7.11 Å². The molecular formula is C55H54N2O. The lowest BCUT2D eigenvalue weighted by atomic mass is 9.87. The minimum absolute atomic E-state index is 0.0823. The quantitative estimate of drug-likeness (QED) is 0.153. The van der Waals surface area contributed by atoms with E-state index in [1.807, 2.05) is 0 Å². The van der Waals surface area contributed by atoms with Crippen LogP contribution in [-0.4, -0.2) is 7.11 Å². The molecule has 0 atom stereocenters. The van der Waals surface area contributed by atoms with Crippen LogP contribution in [0.15, 0.2) is 164 Å². The number of para-hydroxylation sites is 2. The minimum Gasteiger partial charge on any atom is -0.496 e. The molecule has 0 amide bonds. The molecule has 0 aliphatic carbocycles. The molecule has 0 saturated heterocycles. The van der Waals surface area contributed by atoms with Crippen molar-refractivity contribution in [3.8, 4) is 16.9 Å². The summed E-state index contributed by atoms with van der Waals surface area (Å²) in [6, 6.07) is 59.7. The highest BCUT2D eigenvalue weighted by Crippen LogP contribution is 2.44. The summed E-state index contributed by atoms with van der Waals surface area (Å²) in [6.45, 7) is 18.0. The molecule has 0 aliphatic rings. The Hall–Kier alpha value is -6.32. The highest BCUT2D eigenvalue weighted by Gasteiger charge is 2.22. The normalized spacial score (nSPS) is 11.9. The maximum atomic E-state index is 6.17. The standard InChI is InChI=1S/C55H54N2O/c1-37-48-31-20-40(34-39(48)21-32-51(37)56(44-16-12-10-13-17-44)46-27-23-42(24-28-46)54(3,4)5)50-35-41-22-33-52(38(2)49(41)36-53(50)58-9)57(45-18-14-11-15-19-45)47-29-25-43(26-30-47)55(6,7)8/h10-36H,1-9H3. The summed E-state index contributed by atoms with van der Waals surface area (Å²) in [5.74, 6) is 0.857. The maximum absolute atomic E-state index is 6.17. The average Bonchev–Trinajstić information content (AvgIpc) is 3.23. The largest absolute Gasteiger partial charge is 0.496 e. The molecule has 0 fully saturated rings. The number of benzene rings is 8. The fourth-order valence-corrected chi connectivity index (χ4v) is 8.24. The zero-order valence-electron chi connectivity index (χ0n) is 35.4. The Balaban J connectivity index is 1.19. The molecule has 3 heteroatoms. The van der Waals surface area contributed by atoms with E-state index in [0.717, 1.165) is 45.3 Å². The van der Waals surface area contributed by atoms with Crippen LogP contribution in [0.25, 0.3) is 32.7 Å². The highest BCUT2D eigenvalue weighted by molar-refractivity contribution is 6.00. The lowest BCUT2D eigenvalue weighted by Crippen LogP contribution is -2.14. The summed E-state index contributed by atoms with van der Waals surface area (Å²) in [5.41, 5.74) is 14.3. The third kappa shape index (κ3) is 7.34. The molecule has 8 aromatic rings. The topological polar surface area (TPSA) is 15.7 Å². The van der Waals surface area contributed by atoms with Crippen LogP contribution in [0.2, 0.25) is 0 Å². The van der Waals surface area contributed by atoms with E-state index >= 15 is 0 Å². The molecule has 290 valence electrons. The Kier molecular flexibility index (Phi) is 10.1. The van der Waals surface area contributed by atoms with E-state index in [9.17, 15) is 0 Å². The van der Waals surface area contributed by atoms with Gasteiger partial charge in [0.1, 0.15) is 5.75 Å². The number of aryl methyl sites for hydroxylation is 2. The predicted molar refractivity (Wildman–Crippen MR) is 250 cm³/mol. The van der Waals surface area contributed by atoms with Crippen molar-refractivity contribution >= 4 is 55.7 Å². The first-order valence-corrected chi connectivity index (χ1v) is 20.4. The van der Waals surface area contributed by atoms with Gasteiger partial charge in [-0.15, -0.1) is 0 Å². The number of nitrogens with zero attached hydrogens (tertiary/aromatic N) is 2. The number of ether oxygens (including phenoxy) is 1. The minimum atomic E-state index is 0.0823. The average molecular weight is 759 g/mol. The van der Waals surface area contributed by atoms with Gasteiger partial charge in [0.15, 0.2) is 0 Å². The number of rotatable bonds is 8. The monoisotopic (exact) mass is 758 g/mol. The van der Waals surface area contributed by atoms with Crippen molar-refractivity contribution in [1.29, 1.82) is 0 Å². The Morgan fingerprint density at radius 2 is 0.845 bits per heavy atom. The van der Waals surface area contributed by atoms with E-state index in [4.69, 9.17) is 4.74 Å². The molecule has 0 N–H and O–H groups in total. The number of hydrogen-bond acceptors (Lipinski definition) is 3. The van der Waals surface area contributed by atoms with Crippen molar-refractivity contribution in [3.05, 3.63) is 186 Å². The lowest BCUT2D eigenvalue weighted by molar-refractivity contribution is 0.417. The summed E-state index contributed by atoms with van der Waals surface area (Å²) in [4.78, 5) is 4.74. The van der Waals surface area contributed by atoms with Gasteiger partial charge in [0.25, 0.3) is 0 Å². The van der Waals surface area contributed by atoms with Crippen LogP contribution < -0.4 is 14.5 Å². The van der Waals surface area contributed by atoms with Crippen LogP contribution >= 0.6 is 0 Å². The van der Waals surface area contributed by atoms with E-state index in [-0.39, 0.29) is 10.8 Å². The van der Waals surface area contributed by atoms with Crippen LogP contribution in [0.3, 0.4) is 0 Å². The second-order valence-corrected chi connectivity index (χ2v) is 17.6. The van der Waals surface area contributed by atoms with Crippen molar-refractivity contribution in [2.75, 3.05) is 16.9 Å². The first kappa shape index (κ1) is 38.5. The lowest BCUT2D eigenvalue weighted by Gasteiger charge is -2.29. The van der Waals surface area contributed by atoms with E-state index in [1.165, 1.54) is 49.5 Å². The molecule has 8 rings (SSSR count). The van der Waals surface area contributed by atoms with Crippen LogP contribution in [0.5, 0.6) is 5.75 Å². The molecule has 0 aliphatic heterocycles. The van der Waals surface area contributed by atoms with Gasteiger partial charge in [0, 0.05) is 39.7 Å². The van der Waals surface area contributed by atoms with Gasteiger partial charge in [0.2, 0.25) is 0 Å². The Bertz CT molecular complexity index is 2720. The van der Waals surface area contributed by atoms with Crippen LogP contribution in [0.1, 0.15) is 63.8 Å². The fourth-order valence-electron chi connectivity index (χ4n) is 8.24. The van der Waals surface area contributed by atoms with Crippen molar-refractivity contribution in [2.45, 2.75) is 66.2 Å². The number of anilines is 6. The molecule has 0 saturated carbocycles. The fraction of sp³-hybridized carbons (Fsp3) is 0.200. The molecule has 0 heterocycles. The first-order chi connectivity index (χ1) is 27.8. The van der Waals surface area contributed by atoms with Gasteiger partial charge in [-0.1, -0.05) is 126 Å². The summed E-state index contributed by atoms with van der Waals surface area (Å²) >= 11 is 0. The maximum Gasteiger partial charge on any atom is 0.127 e. The SMILES string of the molecule is COc1cc2c(C)c(N(c3ccccc3)c3ccc(C(C)(C)C)cc3)ccc2cc1-c1ccc2c(C)c(N(c3ccccc3)c3ccc(C(C)(C)C)cc3)ccc2c1. The van der Waals surface area contributed by atoms with E-state index < -0.39 is 0 Å². The second-order valence-electron chi connectivity index (χ2n) is 17.6. The van der Waals surface area contributed by atoms with Gasteiger partial charge in [-0.25, -0.2) is 0 Å². The van der Waals surface area contributed by atoms with Crippen LogP contribution in [0.4, 0.5) is 34.1 Å². The first-order valence-electron chi connectivity index (χ1n) is 20.4. The molecule has 0 aromatic heterocycles. The highest BCUT2D eigenvalue weighted by atomic mass is 16.5. The van der Waals surface area contributed by atoms with Crippen molar-refractivity contribution in [3.63, 3.8) is 0 Å². The third-order valence-corrected chi connectivity index (χ3v) is 11.6. The van der Waals surface area contributed by atoms with Gasteiger partial charge in [-0.2, -0.15) is 0 Å². The van der Waals surface area contributed by atoms with Gasteiger partial charge in [-0.05, 0) is 153 Å². The Labute approximate surface area is 345 Å². The predicted octanol–water partition coefficient (Wildman–Crippen LogP) is 15.8. The second kappa shape index (κ2) is 15.2. The summed E-state index contributed by atoms with van der Waals surface area (Å²) < 4.78 is 6.17. The smallest absolute Gasteiger partial charge is 0.127 e. The zero-order valence-corrected chi connectivity index (χ0v) is 35.4. The molecule has 0 bridgehead atoms. The van der Waals surface area contributed by atoms with E-state index in [0.29, 0.717) is 0 Å². The van der Waals surface area contributed by atoms with E-state index in [2.05, 4.69) is 229 Å². The van der Waals surface area contributed by atoms with Crippen molar-refractivity contribution in [2.24, 2.45) is 0 Å². The van der Waals surface area contributed by atoms with E-state index in [1.54, 1.807) is 7.11 Å². The number of methoxy groups -OCH3 is 1. The third-order valence-electron chi connectivity index (χ3n) is 11.6. The molecule has 3 nitrogen and oxygen atoms in total. The number of hydrogen-bond donors (Lipinski definition) is 0. The summed E-state index contributed by atoms with van der Waals surface area (Å²) in [6.07, 6.45) is 0. The number of fused-ring (bicyclic) bond motifs is 2. The Morgan fingerprint density at radius 3 is 1.29 bits per heavy atom. The van der Waals surface area contributed by atoms with Crippen LogP contribution in [0, 0.1) is 13.8 Å². The molecular weight excluding hydrogens is 705 g/mol. The molecule has 0 spiro atoms. The van der Waals surface area contributed by atoms with Crippen molar-refractivity contribution < 1.29 is 4.74 Å². The van der Waals surface area contributed by atoms with Crippen molar-refractivity contribution in [1.82, 2.24) is 0 Å². The van der Waals surface area contributed by atoms with Gasteiger partial charge < -0.3 is 14.5 Å². The summed E-state index contributed by atoms with van der Waals surface area (Å²) in [7, 11) is 1.78. The van der Waals surface area contributed by atoms with Crippen LogP contribution in [-0.2, 0) is 10.8 Å². The zero-order chi connectivity index (χ0) is 40.8. The summed E-state index contributed by atoms with van der Waals surface area (Å²) in [5, 5.41) is 4.77. The van der Waals surface area contributed by atoms with Gasteiger partial charge in [-0.3, -0.25) is 0 Å². The molecule has 0 radical (unpaired) electrons. The Morgan fingerprint density at radius 1 is 0.414 bits per heavy atom. The molecule has 8 aromatic carbocycles.